The Bertz CT molecular complexity index is 1170. The molecule has 0 atom stereocenters. The average Bonchev–Trinajstić information content (AvgIpc) is 3.10. The minimum atomic E-state index is -0.708. The molecule has 0 aliphatic carbocycles. The molecular weight excluding hydrogens is 468 g/mol. The zero-order chi connectivity index (χ0) is 20.4. The highest BCUT2D eigenvalue weighted by atomic mass is 79.9. The van der Waals surface area contributed by atoms with E-state index in [4.69, 9.17) is 5.73 Å². The molecule has 9 nitrogen and oxygen atoms in total. The molecule has 0 fully saturated rings. The van der Waals surface area contributed by atoms with Crippen LogP contribution in [0.4, 0.5) is 16.6 Å². The Morgan fingerprint density at radius 1 is 1.29 bits per heavy atom. The van der Waals surface area contributed by atoms with E-state index in [1.807, 2.05) is 24.3 Å². The van der Waals surface area contributed by atoms with Gasteiger partial charge in [-0.05, 0) is 18.2 Å². The number of hydrogen-bond donors (Lipinski definition) is 2. The monoisotopic (exact) mass is 482 g/mol. The molecule has 0 unspecified atom stereocenters. The molecule has 0 amide bonds. The maximum Gasteiger partial charge on any atom is 0.332 e. The van der Waals surface area contributed by atoms with Gasteiger partial charge in [-0.3, -0.25) is 18.7 Å². The van der Waals surface area contributed by atoms with Crippen molar-refractivity contribution in [2.45, 2.75) is 4.34 Å². The van der Waals surface area contributed by atoms with Gasteiger partial charge in [0.2, 0.25) is 5.13 Å². The first-order valence-corrected chi connectivity index (χ1v) is 10.4. The number of thioether (sulfide) groups is 1. The number of aromatic nitrogens is 4. The van der Waals surface area contributed by atoms with E-state index < -0.39 is 17.0 Å². The molecule has 12 heteroatoms. The number of nitrogens with zero attached hydrogens (tertiary/aromatic N) is 4. The van der Waals surface area contributed by atoms with Crippen molar-refractivity contribution in [1.29, 1.82) is 0 Å². The average molecular weight is 483 g/mol. The number of nitrogen functional groups attached to an aromatic ring is 1. The van der Waals surface area contributed by atoms with Gasteiger partial charge in [-0.15, -0.1) is 10.2 Å². The van der Waals surface area contributed by atoms with Crippen LogP contribution in [0.25, 0.3) is 0 Å². The zero-order valence-corrected chi connectivity index (χ0v) is 18.0. The maximum absolute atomic E-state index is 12.5. The van der Waals surface area contributed by atoms with Crippen molar-refractivity contribution in [2.75, 3.05) is 16.8 Å². The van der Waals surface area contributed by atoms with Crippen LogP contribution in [0.15, 0.2) is 42.7 Å². The van der Waals surface area contributed by atoms with E-state index in [0.717, 1.165) is 31.1 Å². The van der Waals surface area contributed by atoms with Crippen LogP contribution in [0.3, 0.4) is 0 Å². The molecule has 0 radical (unpaired) electrons. The summed E-state index contributed by atoms with van der Waals surface area (Å²) in [4.78, 5) is 36.6. The number of nitrogens with one attached hydrogen (secondary N) is 1. The molecule has 2 aromatic heterocycles. The van der Waals surface area contributed by atoms with Crippen molar-refractivity contribution in [2.24, 2.45) is 14.1 Å². The molecule has 3 N–H and O–H groups in total. The minimum Gasteiger partial charge on any atom is -0.384 e. The lowest BCUT2D eigenvalue weighted by atomic mass is 10.2. The van der Waals surface area contributed by atoms with Crippen molar-refractivity contribution in [1.82, 2.24) is 19.3 Å². The first-order chi connectivity index (χ1) is 13.3. The van der Waals surface area contributed by atoms with Gasteiger partial charge in [-0.2, -0.15) is 0 Å². The van der Waals surface area contributed by atoms with Gasteiger partial charge in [0.15, 0.2) is 10.1 Å². The van der Waals surface area contributed by atoms with Crippen LogP contribution >= 0.6 is 39.0 Å². The predicted octanol–water partition coefficient (Wildman–Crippen LogP) is 2.00. The summed E-state index contributed by atoms with van der Waals surface area (Å²) in [7, 11) is 2.71. The fourth-order valence-electron chi connectivity index (χ4n) is 2.33. The van der Waals surface area contributed by atoms with E-state index in [9.17, 15) is 14.4 Å². The lowest BCUT2D eigenvalue weighted by Gasteiger charge is -2.10. The van der Waals surface area contributed by atoms with Crippen molar-refractivity contribution >= 4 is 61.4 Å². The van der Waals surface area contributed by atoms with Gasteiger partial charge in [0.05, 0.1) is 5.75 Å². The summed E-state index contributed by atoms with van der Waals surface area (Å²) in [5, 5.41) is 11.8. The molecule has 0 spiro atoms. The van der Waals surface area contributed by atoms with E-state index in [1.165, 1.54) is 25.4 Å². The third-order valence-corrected chi connectivity index (χ3v) is 6.26. The molecule has 1 aromatic carbocycles. The minimum absolute atomic E-state index is 0.0524. The van der Waals surface area contributed by atoms with Gasteiger partial charge in [0, 0.05) is 24.3 Å². The van der Waals surface area contributed by atoms with Crippen LogP contribution in [-0.2, 0) is 14.1 Å². The standard InChI is InChI=1S/C16H15BrN6O3S2/c1-22-12(18)11(13(25)23(2)16(22)26)10(24)7-27-15-21-20-14(28-15)19-9-5-3-4-8(17)6-9/h3-6H,7,18H2,1-2H3,(H,19,20). The number of ketones is 1. The Morgan fingerprint density at radius 2 is 2.04 bits per heavy atom. The zero-order valence-electron chi connectivity index (χ0n) is 14.8. The van der Waals surface area contributed by atoms with Crippen LogP contribution in [0.2, 0.25) is 0 Å². The third kappa shape index (κ3) is 4.18. The highest BCUT2D eigenvalue weighted by Gasteiger charge is 2.20. The van der Waals surface area contributed by atoms with Crippen LogP contribution in [-0.4, -0.2) is 30.9 Å². The van der Waals surface area contributed by atoms with Gasteiger partial charge < -0.3 is 11.1 Å². The van der Waals surface area contributed by atoms with Gasteiger partial charge in [0.1, 0.15) is 11.4 Å². The molecule has 146 valence electrons. The summed E-state index contributed by atoms with van der Waals surface area (Å²) < 4.78 is 3.42. The first-order valence-electron chi connectivity index (χ1n) is 7.85. The molecule has 0 bridgehead atoms. The number of anilines is 3. The van der Waals surface area contributed by atoms with Crippen molar-refractivity contribution in [3.8, 4) is 0 Å². The Balaban J connectivity index is 1.72. The first kappa shape index (κ1) is 20.3. The van der Waals surface area contributed by atoms with Crippen LogP contribution < -0.4 is 22.3 Å². The number of nitrogens with two attached hydrogens (primary N) is 1. The molecule has 3 rings (SSSR count). The van der Waals surface area contributed by atoms with E-state index in [2.05, 4.69) is 31.4 Å². The second-order valence-corrected chi connectivity index (χ2v) is 8.80. The molecule has 3 aromatic rings. The third-order valence-electron chi connectivity index (χ3n) is 3.80. The molecular formula is C16H15BrN6O3S2. The Hall–Kier alpha value is -2.44. The molecule has 0 saturated heterocycles. The second-order valence-electron chi connectivity index (χ2n) is 5.69. The normalized spacial score (nSPS) is 10.8. The summed E-state index contributed by atoms with van der Waals surface area (Å²) in [5.41, 5.74) is 5.16. The van der Waals surface area contributed by atoms with E-state index in [-0.39, 0.29) is 17.1 Å². The van der Waals surface area contributed by atoms with E-state index in [0.29, 0.717) is 9.47 Å². The summed E-state index contributed by atoms with van der Waals surface area (Å²) in [5.74, 6) is -0.674. The van der Waals surface area contributed by atoms with Crippen LogP contribution in [0.5, 0.6) is 0 Å². The SMILES string of the molecule is Cn1c(N)c(C(=O)CSc2nnc(Nc3cccc(Br)c3)s2)c(=O)n(C)c1=O. The largest absolute Gasteiger partial charge is 0.384 e. The van der Waals surface area contributed by atoms with Gasteiger partial charge >= 0.3 is 5.69 Å². The van der Waals surface area contributed by atoms with Gasteiger partial charge in [0.25, 0.3) is 5.56 Å². The summed E-state index contributed by atoms with van der Waals surface area (Å²) in [6, 6.07) is 7.59. The number of hydrogen-bond acceptors (Lipinski definition) is 9. The smallest absolute Gasteiger partial charge is 0.332 e. The molecule has 2 heterocycles. The number of rotatable bonds is 6. The highest BCUT2D eigenvalue weighted by Crippen LogP contribution is 2.29. The highest BCUT2D eigenvalue weighted by molar-refractivity contribution is 9.10. The number of benzene rings is 1. The number of Topliss-reactive ketones (excluding diaryl/α,β-unsaturated/α-hetero) is 1. The summed E-state index contributed by atoms with van der Waals surface area (Å²) in [6.45, 7) is 0. The quantitative estimate of drug-likeness (QED) is 0.403. The number of carbonyl (C=O) groups is 1. The Morgan fingerprint density at radius 3 is 2.75 bits per heavy atom. The molecule has 0 saturated carbocycles. The molecule has 28 heavy (non-hydrogen) atoms. The fraction of sp³-hybridized carbons (Fsp3) is 0.188. The Labute approximate surface area is 175 Å². The van der Waals surface area contributed by atoms with Crippen molar-refractivity contribution < 1.29 is 4.79 Å². The molecule has 0 aliphatic heterocycles. The van der Waals surface area contributed by atoms with E-state index >= 15 is 0 Å². The fourth-order valence-corrected chi connectivity index (χ4v) is 4.37. The van der Waals surface area contributed by atoms with Gasteiger partial charge in [-0.1, -0.05) is 45.1 Å². The summed E-state index contributed by atoms with van der Waals surface area (Å²) >= 11 is 5.82. The molecule has 0 aliphatic rings. The maximum atomic E-state index is 12.5. The topological polar surface area (TPSA) is 125 Å². The van der Waals surface area contributed by atoms with Gasteiger partial charge in [-0.25, -0.2) is 4.79 Å². The van der Waals surface area contributed by atoms with Crippen molar-refractivity contribution in [3.63, 3.8) is 0 Å². The lowest BCUT2D eigenvalue weighted by molar-refractivity contribution is 0.102. The number of carbonyl (C=O) groups excluding carboxylic acids is 1. The number of halogens is 1. The van der Waals surface area contributed by atoms with E-state index in [1.54, 1.807) is 0 Å². The van der Waals surface area contributed by atoms with Crippen molar-refractivity contribution in [3.05, 3.63) is 55.1 Å². The predicted molar refractivity (Wildman–Crippen MR) is 114 cm³/mol. The van der Waals surface area contributed by atoms with Crippen LogP contribution in [0, 0.1) is 0 Å². The van der Waals surface area contributed by atoms with Crippen LogP contribution in [0.1, 0.15) is 10.4 Å². The Kier molecular flexibility index (Phi) is 6.01. The lowest BCUT2D eigenvalue weighted by Crippen LogP contribution is -2.41. The second kappa shape index (κ2) is 8.29. The summed E-state index contributed by atoms with van der Waals surface area (Å²) in [6.07, 6.45) is 0.